The minimum Gasteiger partial charge on any atom is -0.493 e. The molecule has 0 aliphatic carbocycles. The Balaban J connectivity index is 1.98. The van der Waals surface area contributed by atoms with E-state index in [2.05, 4.69) is 37.4 Å². The Hall–Kier alpha value is -1.22. The Morgan fingerprint density at radius 3 is 1.62 bits per heavy atom. The monoisotopic (exact) mass is 475 g/mol. The van der Waals surface area contributed by atoms with Crippen LogP contribution in [-0.4, -0.2) is 20.3 Å². The number of ether oxygens (including phenoxy) is 2. The second-order valence-corrected chi connectivity index (χ2v) is 10.0. The molecule has 1 N–H and O–H groups in total. The van der Waals surface area contributed by atoms with Crippen LogP contribution in [0.1, 0.15) is 141 Å². The third-order valence-electron chi connectivity index (χ3n) is 6.77. The third kappa shape index (κ3) is 17.2. The molecule has 0 aliphatic rings. The van der Waals surface area contributed by atoms with Crippen LogP contribution < -0.4 is 14.8 Å². The van der Waals surface area contributed by atoms with Crippen molar-refractivity contribution in [1.29, 1.82) is 0 Å². The summed E-state index contributed by atoms with van der Waals surface area (Å²) in [6, 6.07) is 6.34. The fourth-order valence-electron chi connectivity index (χ4n) is 4.51. The zero-order valence-corrected chi connectivity index (χ0v) is 23.1. The second-order valence-electron chi connectivity index (χ2n) is 10.0. The predicted molar refractivity (Wildman–Crippen MR) is 149 cm³/mol. The highest BCUT2D eigenvalue weighted by molar-refractivity contribution is 5.42. The fraction of sp³-hybridized carbons (Fsp3) is 0.806. The number of nitrogens with one attached hydrogen (secondary N) is 1. The highest BCUT2D eigenvalue weighted by Gasteiger charge is 2.06. The maximum atomic E-state index is 5.95. The zero-order valence-electron chi connectivity index (χ0n) is 23.1. The van der Waals surface area contributed by atoms with Crippen molar-refractivity contribution in [2.75, 3.05) is 20.3 Å². The number of unbranched alkanes of at least 4 members (excludes halogenated alkanes) is 17. The average Bonchev–Trinajstić information content (AvgIpc) is 2.86. The molecule has 0 spiro atoms. The summed E-state index contributed by atoms with van der Waals surface area (Å²) in [5.41, 5.74) is 1.26. The molecule has 0 aliphatic heterocycles. The molecule has 0 atom stereocenters. The standard InChI is InChI=1S/C31H57NO2/c1-4-6-8-10-11-12-13-14-15-16-17-18-19-21-25-32-28-29-23-24-30(31(27-29)33-3)34-26-22-20-9-7-5-2/h23-24,27,32H,4-22,25-26,28H2,1-3H3. The van der Waals surface area contributed by atoms with Gasteiger partial charge in [-0.2, -0.15) is 0 Å². The van der Waals surface area contributed by atoms with E-state index in [1.165, 1.54) is 121 Å². The number of hydrogen-bond acceptors (Lipinski definition) is 3. The first-order chi connectivity index (χ1) is 16.8. The van der Waals surface area contributed by atoms with Gasteiger partial charge in [0.25, 0.3) is 0 Å². The minimum atomic E-state index is 0.775. The summed E-state index contributed by atoms with van der Waals surface area (Å²) < 4.78 is 11.5. The summed E-state index contributed by atoms with van der Waals surface area (Å²) in [6.07, 6.45) is 26.0. The van der Waals surface area contributed by atoms with Crippen molar-refractivity contribution in [2.24, 2.45) is 0 Å². The molecule has 1 rings (SSSR count). The quantitative estimate of drug-likeness (QED) is 0.143. The first kappa shape index (κ1) is 30.8. The van der Waals surface area contributed by atoms with E-state index in [9.17, 15) is 0 Å². The van der Waals surface area contributed by atoms with Crippen LogP contribution in [0, 0.1) is 0 Å². The van der Waals surface area contributed by atoms with E-state index in [0.29, 0.717) is 0 Å². The molecule has 34 heavy (non-hydrogen) atoms. The normalized spacial score (nSPS) is 11.1. The molecule has 0 aromatic heterocycles. The summed E-state index contributed by atoms with van der Waals surface area (Å²) in [5, 5.41) is 3.59. The number of rotatable bonds is 25. The summed E-state index contributed by atoms with van der Waals surface area (Å²) in [5.74, 6) is 1.72. The Morgan fingerprint density at radius 1 is 0.588 bits per heavy atom. The molecule has 1 aromatic carbocycles. The van der Waals surface area contributed by atoms with Crippen molar-refractivity contribution in [3.8, 4) is 11.5 Å². The summed E-state index contributed by atoms with van der Waals surface area (Å²) >= 11 is 0. The van der Waals surface area contributed by atoms with Gasteiger partial charge in [-0.15, -0.1) is 0 Å². The summed E-state index contributed by atoms with van der Waals surface area (Å²) in [7, 11) is 1.73. The molecule has 0 saturated carbocycles. The van der Waals surface area contributed by atoms with Gasteiger partial charge in [0.1, 0.15) is 0 Å². The van der Waals surface area contributed by atoms with Gasteiger partial charge in [0.2, 0.25) is 0 Å². The van der Waals surface area contributed by atoms with Crippen LogP contribution in [0.15, 0.2) is 18.2 Å². The van der Waals surface area contributed by atoms with Gasteiger partial charge < -0.3 is 14.8 Å². The molecule has 198 valence electrons. The van der Waals surface area contributed by atoms with Crippen molar-refractivity contribution in [2.45, 2.75) is 142 Å². The van der Waals surface area contributed by atoms with E-state index in [1.54, 1.807) is 7.11 Å². The SMILES string of the molecule is CCCCCCCCCCCCCCCCNCc1ccc(OCCCCCCC)c(OC)c1. The van der Waals surface area contributed by atoms with Crippen LogP contribution in [0.5, 0.6) is 11.5 Å². The van der Waals surface area contributed by atoms with E-state index in [-0.39, 0.29) is 0 Å². The number of hydrogen-bond donors (Lipinski definition) is 1. The fourth-order valence-corrected chi connectivity index (χ4v) is 4.51. The first-order valence-corrected chi connectivity index (χ1v) is 14.8. The van der Waals surface area contributed by atoms with Crippen molar-refractivity contribution < 1.29 is 9.47 Å². The van der Waals surface area contributed by atoms with Gasteiger partial charge in [0.15, 0.2) is 11.5 Å². The zero-order chi connectivity index (χ0) is 24.5. The van der Waals surface area contributed by atoms with E-state index in [4.69, 9.17) is 9.47 Å². The molecular formula is C31H57NO2. The lowest BCUT2D eigenvalue weighted by Crippen LogP contribution is -2.14. The Morgan fingerprint density at radius 2 is 1.09 bits per heavy atom. The molecule has 0 fully saturated rings. The summed E-state index contributed by atoms with van der Waals surface area (Å²) in [4.78, 5) is 0. The van der Waals surface area contributed by atoms with Gasteiger partial charge in [-0.25, -0.2) is 0 Å². The number of methoxy groups -OCH3 is 1. The lowest BCUT2D eigenvalue weighted by molar-refractivity contribution is 0.284. The van der Waals surface area contributed by atoms with Gasteiger partial charge in [-0.3, -0.25) is 0 Å². The molecule has 0 unspecified atom stereocenters. The van der Waals surface area contributed by atoms with Crippen LogP contribution in [0.2, 0.25) is 0 Å². The smallest absolute Gasteiger partial charge is 0.161 e. The highest BCUT2D eigenvalue weighted by Crippen LogP contribution is 2.28. The minimum absolute atomic E-state index is 0.775. The van der Waals surface area contributed by atoms with Gasteiger partial charge in [0.05, 0.1) is 13.7 Å². The molecule has 1 aromatic rings. The first-order valence-electron chi connectivity index (χ1n) is 14.8. The van der Waals surface area contributed by atoms with Gasteiger partial charge in [0, 0.05) is 6.54 Å². The van der Waals surface area contributed by atoms with Gasteiger partial charge in [-0.05, 0) is 37.1 Å². The van der Waals surface area contributed by atoms with Crippen molar-refractivity contribution in [1.82, 2.24) is 5.32 Å². The molecule has 3 heteroatoms. The second kappa shape index (κ2) is 23.5. The average molecular weight is 476 g/mol. The molecular weight excluding hydrogens is 418 g/mol. The lowest BCUT2D eigenvalue weighted by atomic mass is 10.0. The van der Waals surface area contributed by atoms with E-state index in [1.807, 2.05) is 0 Å². The van der Waals surface area contributed by atoms with Crippen LogP contribution >= 0.6 is 0 Å². The lowest BCUT2D eigenvalue weighted by Gasteiger charge is -2.13. The maximum Gasteiger partial charge on any atom is 0.161 e. The van der Waals surface area contributed by atoms with Crippen LogP contribution in [0.3, 0.4) is 0 Å². The molecule has 0 saturated heterocycles. The van der Waals surface area contributed by atoms with Gasteiger partial charge in [-0.1, -0.05) is 129 Å². The van der Waals surface area contributed by atoms with E-state index in [0.717, 1.165) is 37.6 Å². The van der Waals surface area contributed by atoms with Crippen LogP contribution in [0.25, 0.3) is 0 Å². The summed E-state index contributed by atoms with van der Waals surface area (Å²) in [6.45, 7) is 7.30. The molecule has 0 radical (unpaired) electrons. The predicted octanol–water partition coefficient (Wildman–Crippen LogP) is 9.62. The van der Waals surface area contributed by atoms with Crippen LogP contribution in [0.4, 0.5) is 0 Å². The van der Waals surface area contributed by atoms with Crippen molar-refractivity contribution >= 4 is 0 Å². The topological polar surface area (TPSA) is 30.5 Å². The van der Waals surface area contributed by atoms with Crippen LogP contribution in [-0.2, 0) is 6.54 Å². The van der Waals surface area contributed by atoms with Gasteiger partial charge >= 0.3 is 0 Å². The largest absolute Gasteiger partial charge is 0.493 e. The van der Waals surface area contributed by atoms with Crippen molar-refractivity contribution in [3.05, 3.63) is 23.8 Å². The molecule has 0 amide bonds. The Bertz CT molecular complexity index is 560. The molecule has 0 bridgehead atoms. The highest BCUT2D eigenvalue weighted by atomic mass is 16.5. The Kier molecular flexibility index (Phi) is 21.3. The molecule has 0 heterocycles. The number of benzene rings is 1. The van der Waals surface area contributed by atoms with Crippen molar-refractivity contribution in [3.63, 3.8) is 0 Å². The third-order valence-corrected chi connectivity index (χ3v) is 6.77. The maximum absolute atomic E-state index is 5.95. The van der Waals surface area contributed by atoms with E-state index < -0.39 is 0 Å². The Labute approximate surface area is 212 Å². The van der Waals surface area contributed by atoms with E-state index >= 15 is 0 Å². The molecule has 3 nitrogen and oxygen atoms in total.